The van der Waals surface area contributed by atoms with Crippen LogP contribution in [0.3, 0.4) is 0 Å². The smallest absolute Gasteiger partial charge is 0.271 e. The quantitative estimate of drug-likeness (QED) is 0.489. The molecule has 0 aliphatic heterocycles. The fourth-order valence-electron chi connectivity index (χ4n) is 3.51. The van der Waals surface area contributed by atoms with Crippen molar-refractivity contribution < 1.29 is 9.59 Å². The van der Waals surface area contributed by atoms with Gasteiger partial charge in [0.1, 0.15) is 16.9 Å². The summed E-state index contributed by atoms with van der Waals surface area (Å²) < 4.78 is 1.41. The normalized spacial score (nSPS) is 13.6. The Kier molecular flexibility index (Phi) is 4.78. The van der Waals surface area contributed by atoms with E-state index in [-0.39, 0.29) is 17.5 Å². The van der Waals surface area contributed by atoms with Gasteiger partial charge in [0.05, 0.1) is 23.7 Å². The zero-order chi connectivity index (χ0) is 23.2. The second-order valence-corrected chi connectivity index (χ2v) is 8.73. The molecular weight excluding hydrogens is 418 g/mol. The summed E-state index contributed by atoms with van der Waals surface area (Å²) in [6.45, 7) is 3.25. The first kappa shape index (κ1) is 20.6. The van der Waals surface area contributed by atoms with Crippen molar-refractivity contribution in [3.8, 4) is 28.6 Å². The van der Waals surface area contributed by atoms with Crippen LogP contribution in [-0.2, 0) is 0 Å². The van der Waals surface area contributed by atoms with Crippen LogP contribution < -0.4 is 5.32 Å². The van der Waals surface area contributed by atoms with Crippen LogP contribution in [0.2, 0.25) is 0 Å². The number of nitrogens with zero attached hydrogens (tertiary/aromatic N) is 5. The molecule has 0 unspecified atom stereocenters. The summed E-state index contributed by atoms with van der Waals surface area (Å²) in [6.07, 6.45) is 6.95. The van der Waals surface area contributed by atoms with E-state index in [0.717, 1.165) is 35.0 Å². The molecule has 164 valence electrons. The molecule has 2 N–H and O–H groups in total. The van der Waals surface area contributed by atoms with Crippen LogP contribution in [0, 0.1) is 17.2 Å². The van der Waals surface area contributed by atoms with Crippen LogP contribution in [0.1, 0.15) is 42.0 Å². The van der Waals surface area contributed by atoms with Crippen molar-refractivity contribution in [1.29, 1.82) is 5.26 Å². The molecule has 5 rings (SSSR count). The zero-order valence-electron chi connectivity index (χ0n) is 18.2. The first-order chi connectivity index (χ1) is 15.8. The Morgan fingerprint density at radius 2 is 2.03 bits per heavy atom. The number of hydrogen-bond donors (Lipinski definition) is 2. The molecule has 1 amide bonds. The number of nitrogens with one attached hydrogen (secondary N) is 2. The topological polar surface area (TPSA) is 129 Å². The molecule has 33 heavy (non-hydrogen) atoms. The predicted octanol–water partition coefficient (Wildman–Crippen LogP) is 3.57. The van der Waals surface area contributed by atoms with Gasteiger partial charge in [0.15, 0.2) is 0 Å². The lowest BCUT2D eigenvalue weighted by Crippen LogP contribution is -2.42. The average Bonchev–Trinajstić information content (AvgIpc) is 3.39. The molecule has 4 aromatic rings. The summed E-state index contributed by atoms with van der Waals surface area (Å²) in [5.41, 5.74) is 2.88. The summed E-state index contributed by atoms with van der Waals surface area (Å²) in [6, 6.07) is 11.1. The number of hydrogen-bond acceptors (Lipinski definition) is 6. The lowest BCUT2D eigenvalue weighted by Gasteiger charge is -2.17. The summed E-state index contributed by atoms with van der Waals surface area (Å²) in [7, 11) is 0. The lowest BCUT2D eigenvalue weighted by molar-refractivity contribution is 0.0869. The Hall–Kier alpha value is -4.32. The minimum atomic E-state index is -0.992. The Morgan fingerprint density at radius 3 is 2.79 bits per heavy atom. The first-order valence-electron chi connectivity index (χ1n) is 10.6. The van der Waals surface area contributed by atoms with E-state index in [1.807, 2.05) is 18.2 Å². The number of rotatable bonds is 5. The minimum Gasteiger partial charge on any atom is -0.339 e. The summed E-state index contributed by atoms with van der Waals surface area (Å²) in [4.78, 5) is 36.9. The molecule has 1 aliphatic carbocycles. The molecule has 9 nitrogen and oxygen atoms in total. The Labute approximate surface area is 189 Å². The number of H-pyrrole nitrogens is 1. The van der Waals surface area contributed by atoms with E-state index in [4.69, 9.17) is 5.26 Å². The van der Waals surface area contributed by atoms with Gasteiger partial charge in [0, 0.05) is 34.8 Å². The van der Waals surface area contributed by atoms with E-state index in [9.17, 15) is 9.59 Å². The molecule has 0 saturated heterocycles. The molecule has 0 spiro atoms. The number of aromatic nitrogens is 5. The van der Waals surface area contributed by atoms with Gasteiger partial charge in [-0.15, -0.1) is 0 Å². The summed E-state index contributed by atoms with van der Waals surface area (Å²) in [5, 5.41) is 16.9. The van der Waals surface area contributed by atoms with Crippen molar-refractivity contribution in [3.05, 3.63) is 54.6 Å². The van der Waals surface area contributed by atoms with E-state index in [2.05, 4.69) is 25.4 Å². The molecule has 0 aromatic carbocycles. The third-order valence-corrected chi connectivity index (χ3v) is 5.50. The highest BCUT2D eigenvalue weighted by Gasteiger charge is 2.31. The highest BCUT2D eigenvalue weighted by atomic mass is 16.2. The number of carbonyl (C=O) groups is 2. The zero-order valence-corrected chi connectivity index (χ0v) is 18.2. The van der Waals surface area contributed by atoms with Gasteiger partial charge < -0.3 is 10.3 Å². The maximum Gasteiger partial charge on any atom is 0.271 e. The fourth-order valence-corrected chi connectivity index (χ4v) is 3.51. The van der Waals surface area contributed by atoms with Gasteiger partial charge in [-0.05, 0) is 51.0 Å². The third kappa shape index (κ3) is 4.11. The molecule has 0 bridgehead atoms. The molecule has 1 fully saturated rings. The summed E-state index contributed by atoms with van der Waals surface area (Å²) >= 11 is 0. The maximum atomic E-state index is 12.5. The fraction of sp³-hybridized carbons (Fsp3) is 0.250. The molecular formula is C24H21N7O2. The average molecular weight is 439 g/mol. The van der Waals surface area contributed by atoms with Crippen LogP contribution in [0.5, 0.6) is 0 Å². The molecule has 4 aromatic heterocycles. The monoisotopic (exact) mass is 439 g/mol. The van der Waals surface area contributed by atoms with Gasteiger partial charge in [-0.25, -0.2) is 14.6 Å². The molecule has 1 saturated carbocycles. The van der Waals surface area contributed by atoms with Crippen molar-refractivity contribution in [2.45, 2.75) is 32.2 Å². The standard InChI is InChI=1S/C24H21N7O2/c1-24(2,13-25)30-22(32)19-5-3-4-18(28-19)16-8-15-9-20(29-21(15)26-10-16)17-11-27-31(12-17)23(33)14-6-7-14/h3-5,8-12,14H,6-7H2,1-2H3,(H,26,29)(H,30,32). The van der Waals surface area contributed by atoms with Gasteiger partial charge in [0.25, 0.3) is 5.91 Å². The van der Waals surface area contributed by atoms with Gasteiger partial charge in [-0.1, -0.05) is 6.07 Å². The second kappa shape index (κ2) is 7.67. The van der Waals surface area contributed by atoms with Gasteiger partial charge in [-0.2, -0.15) is 10.4 Å². The van der Waals surface area contributed by atoms with Gasteiger partial charge in [-0.3, -0.25) is 9.59 Å². The van der Waals surface area contributed by atoms with Crippen molar-refractivity contribution in [3.63, 3.8) is 0 Å². The highest BCUT2D eigenvalue weighted by Crippen LogP contribution is 2.31. The van der Waals surface area contributed by atoms with E-state index < -0.39 is 11.4 Å². The molecule has 1 aliphatic rings. The first-order valence-corrected chi connectivity index (χ1v) is 10.6. The van der Waals surface area contributed by atoms with Crippen LogP contribution >= 0.6 is 0 Å². The van der Waals surface area contributed by atoms with Crippen LogP contribution in [0.15, 0.2) is 48.9 Å². The van der Waals surface area contributed by atoms with Crippen LogP contribution in [0.4, 0.5) is 0 Å². The molecule has 0 atom stereocenters. The Balaban J connectivity index is 1.42. The highest BCUT2D eigenvalue weighted by molar-refractivity contribution is 5.94. The lowest BCUT2D eigenvalue weighted by atomic mass is 10.1. The number of nitriles is 1. The minimum absolute atomic E-state index is 0.0333. The van der Waals surface area contributed by atoms with Crippen LogP contribution in [0.25, 0.3) is 33.5 Å². The Bertz CT molecular complexity index is 1440. The predicted molar refractivity (Wildman–Crippen MR) is 121 cm³/mol. The number of pyridine rings is 2. The number of fused-ring (bicyclic) bond motifs is 1. The van der Waals surface area contributed by atoms with E-state index in [1.54, 1.807) is 50.6 Å². The largest absolute Gasteiger partial charge is 0.339 e. The van der Waals surface area contributed by atoms with Crippen molar-refractivity contribution in [1.82, 2.24) is 30.0 Å². The van der Waals surface area contributed by atoms with Crippen LogP contribution in [-0.4, -0.2) is 42.1 Å². The van der Waals surface area contributed by atoms with Gasteiger partial charge in [0.2, 0.25) is 5.91 Å². The second-order valence-electron chi connectivity index (χ2n) is 8.73. The maximum absolute atomic E-state index is 12.5. The molecule has 4 heterocycles. The SMILES string of the molecule is CC(C)(C#N)NC(=O)c1cccc(-c2cnc3[nH]c(-c4cnn(C(=O)C5CC5)c4)cc3c2)n1. The summed E-state index contributed by atoms with van der Waals surface area (Å²) in [5.74, 6) is -0.286. The molecule has 0 radical (unpaired) electrons. The number of amides is 1. The van der Waals surface area contributed by atoms with Gasteiger partial charge >= 0.3 is 0 Å². The number of carbonyl (C=O) groups excluding carboxylic acids is 2. The number of aromatic amines is 1. The third-order valence-electron chi connectivity index (χ3n) is 5.50. The molecule has 9 heteroatoms. The van der Waals surface area contributed by atoms with E-state index in [1.165, 1.54) is 4.68 Å². The van der Waals surface area contributed by atoms with E-state index in [0.29, 0.717) is 11.3 Å². The van der Waals surface area contributed by atoms with Crippen molar-refractivity contribution in [2.75, 3.05) is 0 Å². The van der Waals surface area contributed by atoms with Crippen molar-refractivity contribution in [2.24, 2.45) is 5.92 Å². The van der Waals surface area contributed by atoms with Crippen molar-refractivity contribution >= 4 is 22.8 Å². The van der Waals surface area contributed by atoms with E-state index >= 15 is 0 Å². The Morgan fingerprint density at radius 1 is 1.21 bits per heavy atom.